The van der Waals surface area contributed by atoms with Crippen LogP contribution in [0.3, 0.4) is 0 Å². The maximum Gasteiger partial charge on any atom is 0.305 e. The van der Waals surface area contributed by atoms with Crippen molar-refractivity contribution in [1.82, 2.24) is 0 Å². The van der Waals surface area contributed by atoms with Crippen molar-refractivity contribution in [2.75, 3.05) is 7.11 Å². The van der Waals surface area contributed by atoms with Gasteiger partial charge in [0.1, 0.15) is 0 Å². The SMILES string of the molecule is COC(=O)CCC/C=C\C[C@@H]1[C@@H](/C=C/[C@@H](C)CCc2ccccc2)[C@H](C)C[C@@H]1C. The summed E-state index contributed by atoms with van der Waals surface area (Å²) < 4.78 is 4.70. The minimum Gasteiger partial charge on any atom is -0.469 e. The van der Waals surface area contributed by atoms with Crippen LogP contribution in [0.15, 0.2) is 54.6 Å². The van der Waals surface area contributed by atoms with E-state index in [0.717, 1.165) is 43.4 Å². The number of hydrogen-bond donors (Lipinski definition) is 0. The van der Waals surface area contributed by atoms with Crippen LogP contribution in [0.25, 0.3) is 0 Å². The molecule has 0 heterocycles. The van der Waals surface area contributed by atoms with E-state index < -0.39 is 0 Å². The monoisotopic (exact) mass is 396 g/mol. The number of carbonyl (C=O) groups is 1. The van der Waals surface area contributed by atoms with Gasteiger partial charge in [-0.1, -0.05) is 75.4 Å². The zero-order valence-electron chi connectivity index (χ0n) is 18.8. The van der Waals surface area contributed by atoms with E-state index in [0.29, 0.717) is 18.3 Å². The van der Waals surface area contributed by atoms with Crippen molar-refractivity contribution in [1.29, 1.82) is 0 Å². The van der Waals surface area contributed by atoms with Crippen LogP contribution in [0.2, 0.25) is 0 Å². The third-order valence-electron chi connectivity index (χ3n) is 6.57. The Balaban J connectivity index is 1.80. The van der Waals surface area contributed by atoms with Gasteiger partial charge in [0.2, 0.25) is 0 Å². The standard InChI is InChI=1S/C27H40O2/c1-21(16-18-24-12-8-7-9-13-24)17-19-26-23(3)20-22(2)25(26)14-10-5-6-11-15-27(28)29-4/h5,7-10,12-13,17,19,21-23,25-26H,6,11,14-16,18,20H2,1-4H3/b10-5-,19-17+/t21-,22-,23+,25-,26-/m0/s1. The maximum atomic E-state index is 11.2. The molecule has 0 spiro atoms. The van der Waals surface area contributed by atoms with E-state index in [9.17, 15) is 4.79 Å². The molecule has 5 atom stereocenters. The second kappa shape index (κ2) is 12.7. The summed E-state index contributed by atoms with van der Waals surface area (Å²) in [5, 5.41) is 0. The van der Waals surface area contributed by atoms with Crippen LogP contribution in [0.5, 0.6) is 0 Å². The molecule has 0 aliphatic heterocycles. The van der Waals surface area contributed by atoms with Crippen molar-refractivity contribution in [3.05, 3.63) is 60.2 Å². The minimum atomic E-state index is -0.108. The highest BCUT2D eigenvalue weighted by Gasteiger charge is 2.36. The number of benzene rings is 1. The van der Waals surface area contributed by atoms with Gasteiger partial charge in [0.15, 0.2) is 0 Å². The van der Waals surface area contributed by atoms with Gasteiger partial charge >= 0.3 is 5.97 Å². The third kappa shape index (κ3) is 8.20. The van der Waals surface area contributed by atoms with Crippen LogP contribution < -0.4 is 0 Å². The van der Waals surface area contributed by atoms with Gasteiger partial charge in [0, 0.05) is 6.42 Å². The van der Waals surface area contributed by atoms with E-state index in [4.69, 9.17) is 4.74 Å². The number of unbranched alkanes of at least 4 members (excludes halogenated alkanes) is 1. The molecule has 0 unspecified atom stereocenters. The highest BCUT2D eigenvalue weighted by molar-refractivity contribution is 5.69. The fraction of sp³-hybridized carbons (Fsp3) is 0.593. The smallest absolute Gasteiger partial charge is 0.305 e. The summed E-state index contributed by atoms with van der Waals surface area (Å²) in [5.41, 5.74) is 1.44. The molecule has 0 bridgehead atoms. The molecule has 2 rings (SSSR count). The Bertz CT molecular complexity index is 646. The van der Waals surface area contributed by atoms with E-state index in [-0.39, 0.29) is 5.97 Å². The van der Waals surface area contributed by atoms with Gasteiger partial charge in [-0.05, 0) is 73.7 Å². The molecular formula is C27H40O2. The summed E-state index contributed by atoms with van der Waals surface area (Å²) in [7, 11) is 1.46. The van der Waals surface area contributed by atoms with Crippen molar-refractivity contribution in [2.45, 2.75) is 65.7 Å². The lowest BCUT2D eigenvalue weighted by Crippen LogP contribution is -2.13. The Kier molecular flexibility index (Phi) is 10.2. The fourth-order valence-corrected chi connectivity index (χ4v) is 4.73. The second-order valence-electron chi connectivity index (χ2n) is 8.99. The van der Waals surface area contributed by atoms with E-state index in [2.05, 4.69) is 75.4 Å². The van der Waals surface area contributed by atoms with Crippen molar-refractivity contribution < 1.29 is 9.53 Å². The molecule has 0 saturated heterocycles. The number of rotatable bonds is 11. The van der Waals surface area contributed by atoms with Crippen molar-refractivity contribution in [2.24, 2.45) is 29.6 Å². The number of methoxy groups -OCH3 is 1. The van der Waals surface area contributed by atoms with Gasteiger partial charge in [-0.15, -0.1) is 0 Å². The fourth-order valence-electron chi connectivity index (χ4n) is 4.73. The summed E-state index contributed by atoms with van der Waals surface area (Å²) in [4.78, 5) is 11.2. The van der Waals surface area contributed by atoms with Crippen molar-refractivity contribution >= 4 is 5.97 Å². The zero-order valence-corrected chi connectivity index (χ0v) is 18.8. The first-order valence-corrected chi connectivity index (χ1v) is 11.4. The highest BCUT2D eigenvalue weighted by Crippen LogP contribution is 2.44. The van der Waals surface area contributed by atoms with Crippen LogP contribution in [0.1, 0.15) is 64.9 Å². The number of carbonyl (C=O) groups excluding carboxylic acids is 1. The second-order valence-corrected chi connectivity index (χ2v) is 8.99. The largest absolute Gasteiger partial charge is 0.469 e. The Labute approximate surface area is 178 Å². The molecule has 160 valence electrons. The Hall–Kier alpha value is -1.83. The molecule has 0 aromatic heterocycles. The molecule has 1 aromatic rings. The van der Waals surface area contributed by atoms with Crippen LogP contribution in [-0.2, 0) is 16.0 Å². The number of ether oxygens (including phenoxy) is 1. The lowest BCUT2D eigenvalue weighted by Gasteiger charge is -2.21. The Morgan fingerprint density at radius 3 is 2.66 bits per heavy atom. The molecule has 2 heteroatoms. The quantitative estimate of drug-likeness (QED) is 0.228. The van der Waals surface area contributed by atoms with E-state index >= 15 is 0 Å². The Morgan fingerprint density at radius 1 is 1.17 bits per heavy atom. The molecule has 1 aliphatic carbocycles. The summed E-state index contributed by atoms with van der Waals surface area (Å²) >= 11 is 0. The van der Waals surface area contributed by atoms with Crippen molar-refractivity contribution in [3.63, 3.8) is 0 Å². The molecule has 29 heavy (non-hydrogen) atoms. The van der Waals surface area contributed by atoms with Gasteiger partial charge in [-0.3, -0.25) is 4.79 Å². The summed E-state index contributed by atoms with van der Waals surface area (Å²) in [6.45, 7) is 7.18. The van der Waals surface area contributed by atoms with Crippen LogP contribution in [0.4, 0.5) is 0 Å². The van der Waals surface area contributed by atoms with Crippen LogP contribution in [-0.4, -0.2) is 13.1 Å². The molecule has 2 nitrogen and oxygen atoms in total. The average molecular weight is 397 g/mol. The van der Waals surface area contributed by atoms with Gasteiger partial charge < -0.3 is 4.74 Å². The lowest BCUT2D eigenvalue weighted by atomic mass is 9.84. The zero-order chi connectivity index (χ0) is 21.1. The highest BCUT2D eigenvalue weighted by atomic mass is 16.5. The first-order chi connectivity index (χ1) is 14.0. The number of allylic oxidation sites excluding steroid dienone is 4. The molecule has 1 saturated carbocycles. The topological polar surface area (TPSA) is 26.3 Å². The lowest BCUT2D eigenvalue weighted by molar-refractivity contribution is -0.140. The first-order valence-electron chi connectivity index (χ1n) is 11.4. The Morgan fingerprint density at radius 2 is 1.93 bits per heavy atom. The van der Waals surface area contributed by atoms with Gasteiger partial charge in [-0.2, -0.15) is 0 Å². The molecule has 0 amide bonds. The van der Waals surface area contributed by atoms with Crippen molar-refractivity contribution in [3.8, 4) is 0 Å². The van der Waals surface area contributed by atoms with E-state index in [1.807, 2.05) is 0 Å². The van der Waals surface area contributed by atoms with Gasteiger partial charge in [-0.25, -0.2) is 0 Å². The van der Waals surface area contributed by atoms with Gasteiger partial charge in [0.05, 0.1) is 7.11 Å². The van der Waals surface area contributed by atoms with Gasteiger partial charge in [0.25, 0.3) is 0 Å². The average Bonchev–Trinajstić information content (AvgIpc) is 3.00. The van der Waals surface area contributed by atoms with E-state index in [1.165, 1.54) is 25.5 Å². The molecule has 1 fully saturated rings. The summed E-state index contributed by atoms with van der Waals surface area (Å²) in [6.07, 6.45) is 16.8. The first kappa shape index (κ1) is 23.4. The normalized spacial score (nSPS) is 25.7. The molecular weight excluding hydrogens is 356 g/mol. The molecule has 1 aliphatic rings. The molecule has 1 aromatic carbocycles. The third-order valence-corrected chi connectivity index (χ3v) is 6.57. The predicted octanol–water partition coefficient (Wildman–Crippen LogP) is 7.01. The number of aryl methyl sites for hydroxylation is 1. The molecule has 0 N–H and O–H groups in total. The summed E-state index contributed by atoms with van der Waals surface area (Å²) in [6, 6.07) is 10.8. The number of hydrogen-bond acceptors (Lipinski definition) is 2. The summed E-state index contributed by atoms with van der Waals surface area (Å²) in [5.74, 6) is 3.47. The van der Waals surface area contributed by atoms with Crippen LogP contribution in [0, 0.1) is 29.6 Å². The van der Waals surface area contributed by atoms with E-state index in [1.54, 1.807) is 0 Å². The molecule has 0 radical (unpaired) electrons. The number of esters is 1. The predicted molar refractivity (Wildman–Crippen MR) is 123 cm³/mol. The maximum absolute atomic E-state index is 11.2. The van der Waals surface area contributed by atoms with Crippen LogP contribution >= 0.6 is 0 Å². The minimum absolute atomic E-state index is 0.108.